The zero-order chi connectivity index (χ0) is 15.2. The molecule has 0 fully saturated rings. The summed E-state index contributed by atoms with van der Waals surface area (Å²) in [5.74, 6) is 0.352. The maximum Gasteiger partial charge on any atom is 0.258 e. The van der Waals surface area contributed by atoms with Gasteiger partial charge in [-0.1, -0.05) is 23.7 Å². The van der Waals surface area contributed by atoms with E-state index < -0.39 is 6.10 Å². The molecule has 2 aromatic rings. The number of aliphatic hydroxyl groups excluding tert-OH is 1. The third-order valence-electron chi connectivity index (χ3n) is 2.80. The average molecular weight is 326 g/mol. The Bertz CT molecular complexity index is 612. The number of nitrogens with one attached hydrogen (secondary N) is 1. The fourth-order valence-corrected chi connectivity index (χ4v) is 2.72. The molecule has 1 aromatic heterocycles. The van der Waals surface area contributed by atoms with Gasteiger partial charge in [-0.15, -0.1) is 11.3 Å². The minimum Gasteiger partial charge on any atom is -0.484 e. The molecule has 0 saturated heterocycles. The van der Waals surface area contributed by atoms with Crippen LogP contribution in [-0.4, -0.2) is 17.6 Å². The van der Waals surface area contributed by atoms with Crippen LogP contribution in [0.2, 0.25) is 4.34 Å². The predicted molar refractivity (Wildman–Crippen MR) is 83.7 cm³/mol. The summed E-state index contributed by atoms with van der Waals surface area (Å²) in [4.78, 5) is 12.7. The summed E-state index contributed by atoms with van der Waals surface area (Å²) >= 11 is 7.25. The SMILES string of the molecule is C[C@@H](O)c1cccc(OCC(=O)NCc2ccc(Cl)s2)c1. The standard InChI is InChI=1S/C15H16ClNO3S/c1-10(18)11-3-2-4-12(7-11)20-9-15(19)17-8-13-5-6-14(16)21-13/h2-7,10,18H,8-9H2,1H3,(H,17,19)/t10-/m1/s1. The van der Waals surface area contributed by atoms with E-state index in [2.05, 4.69) is 5.32 Å². The van der Waals surface area contributed by atoms with Crippen molar-refractivity contribution in [1.29, 1.82) is 0 Å². The molecule has 112 valence electrons. The highest BCUT2D eigenvalue weighted by Gasteiger charge is 2.06. The number of amides is 1. The van der Waals surface area contributed by atoms with Crippen molar-refractivity contribution < 1.29 is 14.6 Å². The molecule has 0 spiro atoms. The molecule has 0 aliphatic rings. The van der Waals surface area contributed by atoms with Crippen LogP contribution in [0, 0.1) is 0 Å². The Hall–Kier alpha value is -1.56. The Kier molecular flexibility index (Phi) is 5.61. The third kappa shape index (κ3) is 5.04. The Balaban J connectivity index is 1.79. The van der Waals surface area contributed by atoms with Gasteiger partial charge < -0.3 is 15.2 Å². The van der Waals surface area contributed by atoms with Crippen molar-refractivity contribution in [3.63, 3.8) is 0 Å². The van der Waals surface area contributed by atoms with Crippen LogP contribution >= 0.6 is 22.9 Å². The Morgan fingerprint density at radius 1 is 1.43 bits per heavy atom. The zero-order valence-corrected chi connectivity index (χ0v) is 13.1. The summed E-state index contributed by atoms with van der Waals surface area (Å²) < 4.78 is 6.11. The van der Waals surface area contributed by atoms with E-state index in [0.29, 0.717) is 16.6 Å². The number of carbonyl (C=O) groups excluding carboxylic acids is 1. The van der Waals surface area contributed by atoms with Crippen molar-refractivity contribution >= 4 is 28.8 Å². The van der Waals surface area contributed by atoms with Gasteiger partial charge in [0.05, 0.1) is 17.0 Å². The quantitative estimate of drug-likeness (QED) is 0.857. The number of hydrogen-bond donors (Lipinski definition) is 2. The zero-order valence-electron chi connectivity index (χ0n) is 11.5. The van der Waals surface area contributed by atoms with Gasteiger partial charge in [0, 0.05) is 4.88 Å². The number of ether oxygens (including phenoxy) is 1. The van der Waals surface area contributed by atoms with E-state index in [1.54, 1.807) is 37.3 Å². The number of benzene rings is 1. The molecule has 2 N–H and O–H groups in total. The second kappa shape index (κ2) is 7.45. The monoisotopic (exact) mass is 325 g/mol. The van der Waals surface area contributed by atoms with Crippen LogP contribution in [0.25, 0.3) is 0 Å². The van der Waals surface area contributed by atoms with Crippen LogP contribution in [0.3, 0.4) is 0 Å². The molecule has 1 amide bonds. The topological polar surface area (TPSA) is 58.6 Å². The molecule has 0 aliphatic heterocycles. The normalized spacial score (nSPS) is 12.0. The lowest BCUT2D eigenvalue weighted by Crippen LogP contribution is -2.28. The third-order valence-corrected chi connectivity index (χ3v) is 4.03. The van der Waals surface area contributed by atoms with Crippen molar-refractivity contribution in [2.45, 2.75) is 19.6 Å². The highest BCUT2D eigenvalue weighted by atomic mass is 35.5. The smallest absolute Gasteiger partial charge is 0.258 e. The molecule has 0 unspecified atom stereocenters. The van der Waals surface area contributed by atoms with Gasteiger partial charge in [-0.2, -0.15) is 0 Å². The summed E-state index contributed by atoms with van der Waals surface area (Å²) in [7, 11) is 0. The van der Waals surface area contributed by atoms with Crippen LogP contribution in [-0.2, 0) is 11.3 Å². The molecule has 21 heavy (non-hydrogen) atoms. The Morgan fingerprint density at radius 2 is 2.24 bits per heavy atom. The molecule has 0 aliphatic carbocycles. The van der Waals surface area contributed by atoms with E-state index in [0.717, 1.165) is 10.4 Å². The van der Waals surface area contributed by atoms with Gasteiger partial charge >= 0.3 is 0 Å². The van der Waals surface area contributed by atoms with Crippen LogP contribution in [0.1, 0.15) is 23.5 Å². The van der Waals surface area contributed by atoms with E-state index in [1.165, 1.54) is 11.3 Å². The van der Waals surface area contributed by atoms with Gasteiger partial charge in [0.1, 0.15) is 5.75 Å². The second-order valence-corrected chi connectivity index (χ2v) is 6.32. The predicted octanol–water partition coefficient (Wildman–Crippen LogP) is 3.15. The number of halogens is 1. The first-order valence-corrected chi connectivity index (χ1v) is 7.66. The maximum absolute atomic E-state index is 11.7. The fourth-order valence-electron chi connectivity index (χ4n) is 1.70. The minimum atomic E-state index is -0.564. The summed E-state index contributed by atoms with van der Waals surface area (Å²) in [5.41, 5.74) is 0.751. The number of rotatable bonds is 6. The van der Waals surface area contributed by atoms with E-state index in [9.17, 15) is 9.90 Å². The molecular formula is C15H16ClNO3S. The maximum atomic E-state index is 11.7. The molecule has 1 aromatic carbocycles. The van der Waals surface area contributed by atoms with Crippen molar-refractivity contribution in [2.75, 3.05) is 6.61 Å². The first kappa shape index (κ1) is 15.8. The molecule has 4 nitrogen and oxygen atoms in total. The number of carbonyl (C=O) groups is 1. The van der Waals surface area contributed by atoms with E-state index in [1.807, 2.05) is 6.07 Å². The van der Waals surface area contributed by atoms with Gasteiger partial charge in [-0.25, -0.2) is 0 Å². The minimum absolute atomic E-state index is 0.0671. The molecule has 2 rings (SSSR count). The summed E-state index contributed by atoms with van der Waals surface area (Å²) in [6.07, 6.45) is -0.564. The molecule has 1 atom stereocenters. The molecule has 0 radical (unpaired) electrons. The Morgan fingerprint density at radius 3 is 2.90 bits per heavy atom. The summed E-state index contributed by atoms with van der Waals surface area (Å²) in [6, 6.07) is 10.7. The van der Waals surface area contributed by atoms with E-state index in [-0.39, 0.29) is 12.5 Å². The van der Waals surface area contributed by atoms with Gasteiger partial charge in [0.25, 0.3) is 5.91 Å². The van der Waals surface area contributed by atoms with Crippen molar-refractivity contribution in [1.82, 2.24) is 5.32 Å². The van der Waals surface area contributed by atoms with Gasteiger partial charge in [0.15, 0.2) is 6.61 Å². The van der Waals surface area contributed by atoms with Crippen LogP contribution in [0.4, 0.5) is 0 Å². The van der Waals surface area contributed by atoms with E-state index in [4.69, 9.17) is 16.3 Å². The molecule has 0 saturated carbocycles. The number of hydrogen-bond acceptors (Lipinski definition) is 4. The van der Waals surface area contributed by atoms with Gasteiger partial charge in [-0.05, 0) is 36.8 Å². The summed E-state index contributed by atoms with van der Waals surface area (Å²) in [5, 5.41) is 12.3. The van der Waals surface area contributed by atoms with Crippen LogP contribution < -0.4 is 10.1 Å². The average Bonchev–Trinajstić information content (AvgIpc) is 2.89. The lowest BCUT2D eigenvalue weighted by molar-refractivity contribution is -0.123. The molecular weight excluding hydrogens is 310 g/mol. The van der Waals surface area contributed by atoms with Gasteiger partial charge in [-0.3, -0.25) is 4.79 Å². The van der Waals surface area contributed by atoms with Crippen molar-refractivity contribution in [3.8, 4) is 5.75 Å². The van der Waals surface area contributed by atoms with Crippen molar-refractivity contribution in [3.05, 3.63) is 51.2 Å². The van der Waals surface area contributed by atoms with Crippen LogP contribution in [0.15, 0.2) is 36.4 Å². The molecule has 0 bridgehead atoms. The van der Waals surface area contributed by atoms with Crippen LogP contribution in [0.5, 0.6) is 5.75 Å². The van der Waals surface area contributed by atoms with Gasteiger partial charge in [0.2, 0.25) is 0 Å². The fraction of sp³-hybridized carbons (Fsp3) is 0.267. The number of aliphatic hydroxyl groups is 1. The molecule has 1 heterocycles. The number of thiophene rings is 1. The second-order valence-electron chi connectivity index (χ2n) is 4.52. The first-order chi connectivity index (χ1) is 10.0. The lowest BCUT2D eigenvalue weighted by atomic mass is 10.1. The van der Waals surface area contributed by atoms with E-state index >= 15 is 0 Å². The lowest BCUT2D eigenvalue weighted by Gasteiger charge is -2.09. The largest absolute Gasteiger partial charge is 0.484 e. The summed E-state index contributed by atoms with van der Waals surface area (Å²) in [6.45, 7) is 2.05. The highest BCUT2D eigenvalue weighted by molar-refractivity contribution is 7.16. The highest BCUT2D eigenvalue weighted by Crippen LogP contribution is 2.21. The first-order valence-electron chi connectivity index (χ1n) is 6.46. The Labute approximate surface area is 132 Å². The van der Waals surface area contributed by atoms with Crippen molar-refractivity contribution in [2.24, 2.45) is 0 Å². The molecule has 6 heteroatoms.